The first-order chi connectivity index (χ1) is 10.7. The van der Waals surface area contributed by atoms with Crippen molar-refractivity contribution in [3.8, 4) is 0 Å². The van der Waals surface area contributed by atoms with Gasteiger partial charge in [0.25, 0.3) is 0 Å². The lowest BCUT2D eigenvalue weighted by molar-refractivity contribution is 0.0593. The second kappa shape index (κ2) is 7.06. The van der Waals surface area contributed by atoms with Crippen molar-refractivity contribution in [2.45, 2.75) is 38.6 Å². The molecule has 0 amide bonds. The molecule has 5 nitrogen and oxygen atoms in total. The third-order valence-corrected chi connectivity index (χ3v) is 5.86. The fourth-order valence-electron chi connectivity index (χ4n) is 3.57. The molecule has 1 aromatic heterocycles. The van der Waals surface area contributed by atoms with Crippen LogP contribution in [-0.2, 0) is 4.74 Å². The molecule has 1 N–H and O–H groups in total. The summed E-state index contributed by atoms with van der Waals surface area (Å²) in [7, 11) is 1.42. The highest BCUT2D eigenvalue weighted by Gasteiger charge is 2.31. The van der Waals surface area contributed by atoms with Crippen molar-refractivity contribution < 1.29 is 9.53 Å². The molecule has 3 rings (SSSR count). The Kier molecular flexibility index (Phi) is 5.10. The summed E-state index contributed by atoms with van der Waals surface area (Å²) < 4.78 is 4.83. The maximum absolute atomic E-state index is 11.8. The number of ether oxygens (including phenoxy) is 1. The van der Waals surface area contributed by atoms with Gasteiger partial charge in [0.2, 0.25) is 0 Å². The molecular weight excluding hydrogens is 298 g/mol. The number of piperidine rings is 1. The van der Waals surface area contributed by atoms with Crippen LogP contribution in [0.25, 0.3) is 0 Å². The molecule has 22 heavy (non-hydrogen) atoms. The highest BCUT2D eigenvalue weighted by Crippen LogP contribution is 2.36. The molecule has 3 heterocycles. The summed E-state index contributed by atoms with van der Waals surface area (Å²) in [5, 5.41) is 4.52. The summed E-state index contributed by atoms with van der Waals surface area (Å²) in [5.74, 6) is 0.478. The molecule has 2 aliphatic rings. The minimum absolute atomic E-state index is 0.317. The van der Waals surface area contributed by atoms with Crippen LogP contribution in [0.1, 0.15) is 52.1 Å². The number of methoxy groups -OCH3 is 1. The number of hydrogen-bond acceptors (Lipinski definition) is 6. The number of thiazole rings is 1. The summed E-state index contributed by atoms with van der Waals surface area (Å²) in [5.41, 5.74) is 0.496. The van der Waals surface area contributed by atoms with Crippen LogP contribution in [0, 0.1) is 12.8 Å². The molecule has 0 aliphatic carbocycles. The summed E-state index contributed by atoms with van der Waals surface area (Å²) in [6.45, 7) is 6.57. The molecule has 2 saturated heterocycles. The first-order valence-electron chi connectivity index (χ1n) is 8.19. The molecular formula is C16H25N3O2S. The zero-order chi connectivity index (χ0) is 15.5. The quantitative estimate of drug-likeness (QED) is 0.862. The Hall–Kier alpha value is -0.980. The van der Waals surface area contributed by atoms with Crippen LogP contribution in [0.4, 0.5) is 0 Å². The van der Waals surface area contributed by atoms with E-state index in [1.165, 1.54) is 32.9 Å². The van der Waals surface area contributed by atoms with Gasteiger partial charge in [0, 0.05) is 11.4 Å². The third-order valence-electron chi connectivity index (χ3n) is 4.79. The van der Waals surface area contributed by atoms with Gasteiger partial charge < -0.3 is 10.1 Å². The molecule has 2 aliphatic heterocycles. The summed E-state index contributed by atoms with van der Waals surface area (Å²) >= 11 is 1.66. The summed E-state index contributed by atoms with van der Waals surface area (Å²) in [6, 6.07) is 0.386. The monoisotopic (exact) mass is 323 g/mol. The van der Waals surface area contributed by atoms with E-state index in [-0.39, 0.29) is 5.97 Å². The van der Waals surface area contributed by atoms with E-state index in [2.05, 4.69) is 15.2 Å². The molecule has 0 aromatic carbocycles. The lowest BCUT2D eigenvalue weighted by Gasteiger charge is -2.30. The zero-order valence-electron chi connectivity index (χ0n) is 13.4. The Morgan fingerprint density at radius 2 is 2.18 bits per heavy atom. The standard InChI is InChI=1S/C16H25N3O2S/c1-11-14(16(20)21-2)18-15(22-11)13-4-3-9-19(13)10-12-5-7-17-8-6-12/h12-13,17H,3-10H2,1-2H3. The van der Waals surface area contributed by atoms with Crippen molar-refractivity contribution in [3.63, 3.8) is 0 Å². The smallest absolute Gasteiger partial charge is 0.357 e. The molecule has 0 saturated carbocycles. The number of esters is 1. The first kappa shape index (κ1) is 15.9. The Morgan fingerprint density at radius 3 is 2.91 bits per heavy atom. The minimum atomic E-state index is -0.317. The maximum Gasteiger partial charge on any atom is 0.357 e. The van der Waals surface area contributed by atoms with E-state index in [9.17, 15) is 4.79 Å². The Labute approximate surface area is 136 Å². The van der Waals surface area contributed by atoms with E-state index in [4.69, 9.17) is 4.74 Å². The lowest BCUT2D eigenvalue weighted by atomic mass is 9.97. The van der Waals surface area contributed by atoms with E-state index >= 15 is 0 Å². The van der Waals surface area contributed by atoms with E-state index in [1.54, 1.807) is 11.3 Å². The number of rotatable bonds is 4. The van der Waals surface area contributed by atoms with Gasteiger partial charge in [0.05, 0.1) is 13.2 Å². The molecule has 1 aromatic rings. The molecule has 0 radical (unpaired) electrons. The number of aromatic nitrogens is 1. The molecule has 6 heteroatoms. The fraction of sp³-hybridized carbons (Fsp3) is 0.750. The molecule has 0 bridgehead atoms. The average molecular weight is 323 g/mol. The van der Waals surface area contributed by atoms with Crippen molar-refractivity contribution in [2.75, 3.05) is 33.3 Å². The van der Waals surface area contributed by atoms with Gasteiger partial charge in [-0.2, -0.15) is 0 Å². The Bertz CT molecular complexity index is 525. The number of likely N-dealkylation sites (tertiary alicyclic amines) is 1. The minimum Gasteiger partial charge on any atom is -0.464 e. The van der Waals surface area contributed by atoms with Gasteiger partial charge in [0.15, 0.2) is 5.69 Å². The van der Waals surface area contributed by atoms with Crippen LogP contribution in [0.3, 0.4) is 0 Å². The van der Waals surface area contributed by atoms with Gasteiger partial charge in [-0.25, -0.2) is 9.78 Å². The van der Waals surface area contributed by atoms with Gasteiger partial charge in [-0.05, 0) is 58.2 Å². The Balaban J connectivity index is 1.71. The SMILES string of the molecule is COC(=O)c1nc(C2CCCN2CC2CCNCC2)sc1C. The van der Waals surface area contributed by atoms with Crippen LogP contribution < -0.4 is 5.32 Å². The number of hydrogen-bond donors (Lipinski definition) is 1. The van der Waals surface area contributed by atoms with Gasteiger partial charge >= 0.3 is 5.97 Å². The van der Waals surface area contributed by atoms with Gasteiger partial charge in [-0.1, -0.05) is 0 Å². The molecule has 1 atom stereocenters. The summed E-state index contributed by atoms with van der Waals surface area (Å²) in [6.07, 6.45) is 4.92. The number of nitrogens with one attached hydrogen (secondary N) is 1. The molecule has 122 valence electrons. The highest BCUT2D eigenvalue weighted by molar-refractivity contribution is 7.11. The molecule has 0 spiro atoms. The predicted molar refractivity (Wildman–Crippen MR) is 87.3 cm³/mol. The van der Waals surface area contributed by atoms with Gasteiger partial charge in [0.1, 0.15) is 5.01 Å². The Morgan fingerprint density at radius 1 is 1.41 bits per heavy atom. The number of nitrogens with zero attached hydrogens (tertiary/aromatic N) is 2. The number of aryl methyl sites for hydroxylation is 1. The lowest BCUT2D eigenvalue weighted by Crippen LogP contribution is -2.36. The maximum atomic E-state index is 11.8. The third kappa shape index (κ3) is 3.34. The van der Waals surface area contributed by atoms with Crippen LogP contribution in [0.15, 0.2) is 0 Å². The normalized spacial score (nSPS) is 23.8. The number of carbonyl (C=O) groups is 1. The van der Waals surface area contributed by atoms with Crippen LogP contribution in [0.5, 0.6) is 0 Å². The fourth-order valence-corrected chi connectivity index (χ4v) is 4.65. The van der Waals surface area contributed by atoms with Crippen molar-refractivity contribution in [1.82, 2.24) is 15.2 Å². The second-order valence-electron chi connectivity index (χ2n) is 6.29. The van der Waals surface area contributed by atoms with E-state index in [0.29, 0.717) is 11.7 Å². The van der Waals surface area contributed by atoms with Gasteiger partial charge in [-0.15, -0.1) is 11.3 Å². The van der Waals surface area contributed by atoms with Crippen molar-refractivity contribution >= 4 is 17.3 Å². The van der Waals surface area contributed by atoms with Gasteiger partial charge in [-0.3, -0.25) is 4.90 Å². The first-order valence-corrected chi connectivity index (χ1v) is 9.01. The average Bonchev–Trinajstić information content (AvgIpc) is 3.14. The van der Waals surface area contributed by atoms with E-state index in [1.807, 2.05) is 6.92 Å². The molecule has 1 unspecified atom stereocenters. The highest BCUT2D eigenvalue weighted by atomic mass is 32.1. The second-order valence-corrected chi connectivity index (χ2v) is 7.53. The van der Waals surface area contributed by atoms with Crippen LogP contribution in [0.2, 0.25) is 0 Å². The van der Waals surface area contributed by atoms with Crippen LogP contribution in [-0.4, -0.2) is 49.1 Å². The van der Waals surface area contributed by atoms with Crippen molar-refractivity contribution in [2.24, 2.45) is 5.92 Å². The van der Waals surface area contributed by atoms with E-state index in [0.717, 1.165) is 41.9 Å². The zero-order valence-corrected chi connectivity index (χ0v) is 14.2. The molecule has 2 fully saturated rings. The van der Waals surface area contributed by atoms with Crippen molar-refractivity contribution in [3.05, 3.63) is 15.6 Å². The number of carbonyl (C=O) groups excluding carboxylic acids is 1. The summed E-state index contributed by atoms with van der Waals surface area (Å²) in [4.78, 5) is 19.9. The topological polar surface area (TPSA) is 54.5 Å². The van der Waals surface area contributed by atoms with Crippen molar-refractivity contribution in [1.29, 1.82) is 0 Å². The predicted octanol–water partition coefficient (Wildman–Crippen LogP) is 2.37. The van der Waals surface area contributed by atoms with Crippen LogP contribution >= 0.6 is 11.3 Å². The largest absolute Gasteiger partial charge is 0.464 e. The van der Waals surface area contributed by atoms with E-state index < -0.39 is 0 Å².